The Morgan fingerprint density at radius 3 is 1.51 bits per heavy atom. The van der Waals surface area contributed by atoms with Gasteiger partial charge < -0.3 is 9.13 Å². The summed E-state index contributed by atoms with van der Waals surface area (Å²) in [6, 6.07) is 69.0. The molecule has 0 fully saturated rings. The number of hydrogen-bond acceptors (Lipinski definition) is 0. The number of allylic oxidation sites excluding steroid dienone is 4. The van der Waals surface area contributed by atoms with Crippen molar-refractivity contribution >= 4 is 49.2 Å². The number of benzene rings is 8. The van der Waals surface area contributed by atoms with E-state index in [0.29, 0.717) is 5.92 Å². The molecule has 10 aromatic rings. The van der Waals surface area contributed by atoms with Crippen LogP contribution >= 0.6 is 0 Å². The Kier molecular flexibility index (Phi) is 7.89. The Morgan fingerprint density at radius 2 is 0.895 bits per heavy atom. The highest BCUT2D eigenvalue weighted by molar-refractivity contribution is 6.12. The second kappa shape index (κ2) is 13.5. The van der Waals surface area contributed by atoms with Gasteiger partial charge >= 0.3 is 0 Å². The van der Waals surface area contributed by atoms with Gasteiger partial charge in [-0.1, -0.05) is 153 Å². The van der Waals surface area contributed by atoms with Crippen LogP contribution in [0.5, 0.6) is 0 Å². The average Bonchev–Trinajstić information content (AvgIpc) is 3.79. The topological polar surface area (TPSA) is 9.86 Å². The third-order valence-electron chi connectivity index (χ3n) is 11.9. The molecule has 0 saturated heterocycles. The monoisotopic (exact) mass is 728 g/mol. The van der Waals surface area contributed by atoms with E-state index in [9.17, 15) is 0 Å². The van der Waals surface area contributed by atoms with E-state index in [0.717, 1.165) is 12.1 Å². The van der Waals surface area contributed by atoms with Gasteiger partial charge in [0.1, 0.15) is 0 Å². The summed E-state index contributed by atoms with van der Waals surface area (Å²) in [5, 5.41) is 5.03. The van der Waals surface area contributed by atoms with E-state index in [-0.39, 0.29) is 0 Å². The molecule has 270 valence electrons. The Morgan fingerprint density at radius 1 is 0.386 bits per heavy atom. The van der Waals surface area contributed by atoms with Crippen LogP contribution in [0, 0.1) is 5.92 Å². The summed E-state index contributed by atoms with van der Waals surface area (Å²) >= 11 is 0. The van der Waals surface area contributed by atoms with Crippen molar-refractivity contribution in [2.75, 3.05) is 0 Å². The maximum Gasteiger partial charge on any atom is 0.0541 e. The zero-order chi connectivity index (χ0) is 37.9. The molecule has 0 spiro atoms. The highest BCUT2D eigenvalue weighted by atomic mass is 15.0. The number of rotatable bonds is 6. The Labute approximate surface area is 332 Å². The first-order chi connectivity index (χ1) is 28.2. The fraction of sp³-hybridized carbons (Fsp3) is 0.0545. The third kappa shape index (κ3) is 5.64. The van der Waals surface area contributed by atoms with Crippen molar-refractivity contribution in [3.8, 4) is 44.8 Å². The molecular weight excluding hydrogens is 689 g/mol. The van der Waals surface area contributed by atoms with E-state index in [1.54, 1.807) is 0 Å². The summed E-state index contributed by atoms with van der Waals surface area (Å²) < 4.78 is 4.84. The van der Waals surface area contributed by atoms with Crippen molar-refractivity contribution in [3.05, 3.63) is 212 Å². The third-order valence-corrected chi connectivity index (χ3v) is 11.9. The molecule has 1 atom stereocenters. The first-order valence-corrected chi connectivity index (χ1v) is 20.0. The Hall–Kier alpha value is -7.16. The molecule has 57 heavy (non-hydrogen) atoms. The minimum atomic E-state index is 0.593. The van der Waals surface area contributed by atoms with Crippen molar-refractivity contribution in [3.63, 3.8) is 0 Å². The molecule has 0 N–H and O–H groups in total. The van der Waals surface area contributed by atoms with Gasteiger partial charge in [-0.15, -0.1) is 0 Å². The largest absolute Gasteiger partial charge is 0.309 e. The van der Waals surface area contributed by atoms with Crippen molar-refractivity contribution < 1.29 is 0 Å². The molecule has 0 amide bonds. The second-order valence-corrected chi connectivity index (χ2v) is 15.4. The quantitative estimate of drug-likeness (QED) is 0.161. The molecule has 2 heteroatoms. The SMILES string of the molecule is CC1C=CC(c2cccc(-n3c4ccccc4c4cc(-c5ccc6c(c5)c5ccccc5n6-c5ccc(-c6ccccc6-c6ccccc6)cc5)ccc43)c2)=CC1. The van der Waals surface area contributed by atoms with Gasteiger partial charge in [-0.05, 0) is 118 Å². The van der Waals surface area contributed by atoms with Crippen molar-refractivity contribution in [1.29, 1.82) is 0 Å². The number of fused-ring (bicyclic) bond motifs is 6. The van der Waals surface area contributed by atoms with E-state index in [1.807, 2.05) is 0 Å². The highest BCUT2D eigenvalue weighted by Gasteiger charge is 2.17. The van der Waals surface area contributed by atoms with Gasteiger partial charge in [0.05, 0.1) is 22.1 Å². The van der Waals surface area contributed by atoms with Crippen LogP contribution in [0.4, 0.5) is 0 Å². The lowest BCUT2D eigenvalue weighted by Gasteiger charge is -2.14. The van der Waals surface area contributed by atoms with Crippen LogP contribution in [0.25, 0.3) is 93.9 Å². The molecular formula is C55H40N2. The maximum absolute atomic E-state index is 2.43. The number of para-hydroxylation sites is 2. The van der Waals surface area contributed by atoms with Crippen LogP contribution in [-0.4, -0.2) is 9.13 Å². The maximum atomic E-state index is 2.43. The molecule has 2 nitrogen and oxygen atoms in total. The normalized spacial score (nSPS) is 14.2. The van der Waals surface area contributed by atoms with E-state index in [2.05, 4.69) is 222 Å². The molecule has 0 aliphatic heterocycles. The fourth-order valence-corrected chi connectivity index (χ4v) is 9.02. The summed E-state index contributed by atoms with van der Waals surface area (Å²) in [7, 11) is 0. The molecule has 0 radical (unpaired) electrons. The summed E-state index contributed by atoms with van der Waals surface area (Å²) in [5.41, 5.74) is 17.1. The minimum Gasteiger partial charge on any atom is -0.309 e. The predicted molar refractivity (Wildman–Crippen MR) is 242 cm³/mol. The molecule has 8 aromatic carbocycles. The molecule has 2 aromatic heterocycles. The fourth-order valence-electron chi connectivity index (χ4n) is 9.02. The zero-order valence-corrected chi connectivity index (χ0v) is 31.8. The van der Waals surface area contributed by atoms with Crippen LogP contribution in [0.2, 0.25) is 0 Å². The molecule has 0 saturated carbocycles. The smallest absolute Gasteiger partial charge is 0.0541 e. The Balaban J connectivity index is 0.996. The van der Waals surface area contributed by atoms with Gasteiger partial charge in [0, 0.05) is 32.9 Å². The van der Waals surface area contributed by atoms with Gasteiger partial charge in [0.2, 0.25) is 0 Å². The second-order valence-electron chi connectivity index (χ2n) is 15.4. The van der Waals surface area contributed by atoms with E-state index >= 15 is 0 Å². The minimum absolute atomic E-state index is 0.593. The molecule has 1 unspecified atom stereocenters. The first-order valence-electron chi connectivity index (χ1n) is 20.0. The van der Waals surface area contributed by atoms with Gasteiger partial charge in [0.15, 0.2) is 0 Å². The van der Waals surface area contributed by atoms with Gasteiger partial charge in [0.25, 0.3) is 0 Å². The summed E-state index contributed by atoms with van der Waals surface area (Å²) in [4.78, 5) is 0. The van der Waals surface area contributed by atoms with Crippen molar-refractivity contribution in [1.82, 2.24) is 9.13 Å². The number of aromatic nitrogens is 2. The van der Waals surface area contributed by atoms with Crippen LogP contribution in [0.15, 0.2) is 206 Å². The lowest BCUT2D eigenvalue weighted by atomic mass is 9.94. The van der Waals surface area contributed by atoms with E-state index in [4.69, 9.17) is 0 Å². The predicted octanol–water partition coefficient (Wildman–Crippen LogP) is 14.9. The lowest BCUT2D eigenvalue weighted by Crippen LogP contribution is -1.97. The summed E-state index contributed by atoms with van der Waals surface area (Å²) in [6.07, 6.45) is 8.06. The van der Waals surface area contributed by atoms with Crippen LogP contribution in [0.1, 0.15) is 18.9 Å². The van der Waals surface area contributed by atoms with Gasteiger partial charge in [-0.2, -0.15) is 0 Å². The summed E-state index contributed by atoms with van der Waals surface area (Å²) in [5.74, 6) is 0.593. The standard InChI is InChI=1S/C55H40N2/c1-37-22-24-38(25-23-37)41-14-11-15-45(34-41)57-53-21-10-8-19-49(53)51-36-43(29-33-55(51)57)42-28-32-54-50(35-42)48-18-7-9-20-52(48)56(54)44-30-26-40(27-31-44)47-17-6-5-16-46(47)39-12-3-2-4-13-39/h2-22,24-37H,23H2,1H3. The highest BCUT2D eigenvalue weighted by Crippen LogP contribution is 2.39. The van der Waals surface area contributed by atoms with E-state index < -0.39 is 0 Å². The lowest BCUT2D eigenvalue weighted by molar-refractivity contribution is 0.739. The average molecular weight is 729 g/mol. The number of hydrogen-bond donors (Lipinski definition) is 0. The van der Waals surface area contributed by atoms with Crippen LogP contribution in [-0.2, 0) is 0 Å². The van der Waals surface area contributed by atoms with Gasteiger partial charge in [-0.3, -0.25) is 0 Å². The van der Waals surface area contributed by atoms with E-state index in [1.165, 1.54) is 93.8 Å². The zero-order valence-electron chi connectivity index (χ0n) is 31.8. The van der Waals surface area contributed by atoms with Crippen molar-refractivity contribution in [2.24, 2.45) is 5.92 Å². The molecule has 1 aliphatic carbocycles. The van der Waals surface area contributed by atoms with Crippen LogP contribution in [0.3, 0.4) is 0 Å². The molecule has 0 bridgehead atoms. The number of nitrogens with zero attached hydrogens (tertiary/aromatic N) is 2. The first kappa shape index (κ1) is 33.2. The molecule has 1 aliphatic rings. The molecule has 2 heterocycles. The van der Waals surface area contributed by atoms with Crippen molar-refractivity contribution in [2.45, 2.75) is 13.3 Å². The summed E-state index contributed by atoms with van der Waals surface area (Å²) in [6.45, 7) is 2.27. The molecule has 11 rings (SSSR count). The van der Waals surface area contributed by atoms with Gasteiger partial charge in [-0.25, -0.2) is 0 Å². The van der Waals surface area contributed by atoms with Crippen LogP contribution < -0.4 is 0 Å². The Bertz CT molecular complexity index is 3210.